The van der Waals surface area contributed by atoms with Gasteiger partial charge < -0.3 is 5.73 Å². The lowest BCUT2D eigenvalue weighted by Crippen LogP contribution is -2.19. The van der Waals surface area contributed by atoms with Crippen LogP contribution in [0.3, 0.4) is 0 Å². The Morgan fingerprint density at radius 3 is 1.50 bits per heavy atom. The Bertz CT molecular complexity index is 68.8. The summed E-state index contributed by atoms with van der Waals surface area (Å²) in [5.74, 6) is 2.37. The van der Waals surface area contributed by atoms with Crippen LogP contribution < -0.4 is 5.73 Å². The van der Waals surface area contributed by atoms with Crippen LogP contribution in [0.1, 0.15) is 34.1 Å². The molecule has 0 amide bonds. The fourth-order valence-electron chi connectivity index (χ4n) is 1.63. The molecule has 0 fully saturated rings. The van der Waals surface area contributed by atoms with E-state index in [0.717, 1.165) is 24.3 Å². The van der Waals surface area contributed by atoms with E-state index in [2.05, 4.69) is 27.7 Å². The predicted octanol–water partition coefficient (Wildman–Crippen LogP) is 2.26. The van der Waals surface area contributed by atoms with Gasteiger partial charge >= 0.3 is 0 Å². The molecule has 0 aliphatic carbocycles. The first-order chi connectivity index (χ1) is 4.59. The van der Waals surface area contributed by atoms with Gasteiger partial charge in [0, 0.05) is 0 Å². The summed E-state index contributed by atoms with van der Waals surface area (Å²) in [7, 11) is 0. The molecule has 0 saturated carbocycles. The summed E-state index contributed by atoms with van der Waals surface area (Å²) in [6.07, 6.45) is 1.18. The van der Waals surface area contributed by atoms with Crippen molar-refractivity contribution in [1.29, 1.82) is 0 Å². The van der Waals surface area contributed by atoms with Gasteiger partial charge in [-0.15, -0.1) is 0 Å². The number of hydrogen-bond acceptors (Lipinski definition) is 1. The monoisotopic (exact) mass is 143 g/mol. The molecule has 1 nitrogen and oxygen atoms in total. The quantitative estimate of drug-likeness (QED) is 0.642. The van der Waals surface area contributed by atoms with Crippen molar-refractivity contribution in [1.82, 2.24) is 0 Å². The zero-order valence-corrected chi connectivity index (χ0v) is 7.72. The SMILES string of the molecule is CC(C)C(CCN)C(C)C. The van der Waals surface area contributed by atoms with Crippen LogP contribution in [-0.2, 0) is 0 Å². The minimum absolute atomic E-state index is 0.781. The standard InChI is InChI=1S/C9H21N/c1-7(2)9(5-6-10)8(3)4/h7-9H,5-6,10H2,1-4H3. The van der Waals surface area contributed by atoms with Gasteiger partial charge in [-0.2, -0.15) is 0 Å². The van der Waals surface area contributed by atoms with Crippen molar-refractivity contribution in [3.63, 3.8) is 0 Å². The summed E-state index contributed by atoms with van der Waals surface area (Å²) in [5, 5.41) is 0. The van der Waals surface area contributed by atoms with Gasteiger partial charge in [-0.05, 0) is 30.7 Å². The van der Waals surface area contributed by atoms with Crippen molar-refractivity contribution < 1.29 is 0 Å². The highest BCUT2D eigenvalue weighted by molar-refractivity contribution is 4.66. The Kier molecular flexibility index (Phi) is 4.71. The summed E-state index contributed by atoms with van der Waals surface area (Å²) in [4.78, 5) is 0. The van der Waals surface area contributed by atoms with E-state index < -0.39 is 0 Å². The van der Waals surface area contributed by atoms with Crippen LogP contribution in [-0.4, -0.2) is 6.54 Å². The molecule has 0 rings (SSSR count). The highest BCUT2D eigenvalue weighted by Crippen LogP contribution is 2.22. The fourth-order valence-corrected chi connectivity index (χ4v) is 1.63. The first kappa shape index (κ1) is 9.96. The van der Waals surface area contributed by atoms with Crippen molar-refractivity contribution in [2.45, 2.75) is 34.1 Å². The third kappa shape index (κ3) is 3.21. The van der Waals surface area contributed by atoms with Gasteiger partial charge in [-0.1, -0.05) is 27.7 Å². The van der Waals surface area contributed by atoms with Gasteiger partial charge in [0.2, 0.25) is 0 Å². The van der Waals surface area contributed by atoms with E-state index in [9.17, 15) is 0 Å². The van der Waals surface area contributed by atoms with E-state index in [1.165, 1.54) is 6.42 Å². The summed E-state index contributed by atoms with van der Waals surface area (Å²) in [6.45, 7) is 9.95. The maximum atomic E-state index is 5.50. The second kappa shape index (κ2) is 4.73. The Hall–Kier alpha value is -0.0400. The van der Waals surface area contributed by atoms with Gasteiger partial charge in [0.15, 0.2) is 0 Å². The van der Waals surface area contributed by atoms with Crippen molar-refractivity contribution in [3.05, 3.63) is 0 Å². The molecule has 0 radical (unpaired) electrons. The molecule has 1 heteroatoms. The van der Waals surface area contributed by atoms with Crippen LogP contribution in [0.5, 0.6) is 0 Å². The zero-order valence-electron chi connectivity index (χ0n) is 7.72. The van der Waals surface area contributed by atoms with Crippen LogP contribution in [0.15, 0.2) is 0 Å². The molecule has 0 bridgehead atoms. The topological polar surface area (TPSA) is 26.0 Å². The van der Waals surface area contributed by atoms with E-state index in [1.807, 2.05) is 0 Å². The molecular formula is C9H21N. The van der Waals surface area contributed by atoms with Crippen molar-refractivity contribution in [3.8, 4) is 0 Å². The van der Waals surface area contributed by atoms with Crippen LogP contribution in [0.4, 0.5) is 0 Å². The van der Waals surface area contributed by atoms with Crippen LogP contribution in [0.2, 0.25) is 0 Å². The van der Waals surface area contributed by atoms with Gasteiger partial charge in [-0.3, -0.25) is 0 Å². The van der Waals surface area contributed by atoms with Gasteiger partial charge in [0.1, 0.15) is 0 Å². The molecule has 0 spiro atoms. The predicted molar refractivity (Wildman–Crippen MR) is 46.8 cm³/mol. The highest BCUT2D eigenvalue weighted by Gasteiger charge is 2.15. The highest BCUT2D eigenvalue weighted by atomic mass is 14.5. The van der Waals surface area contributed by atoms with Crippen LogP contribution in [0, 0.1) is 17.8 Å². The normalized spacial score (nSPS) is 12.0. The third-order valence-corrected chi connectivity index (χ3v) is 2.21. The Morgan fingerprint density at radius 1 is 1.00 bits per heavy atom. The molecule has 0 aromatic carbocycles. The van der Waals surface area contributed by atoms with Crippen molar-refractivity contribution in [2.24, 2.45) is 23.5 Å². The summed E-state index contributed by atoms with van der Waals surface area (Å²) >= 11 is 0. The summed E-state index contributed by atoms with van der Waals surface area (Å²) < 4.78 is 0. The molecule has 62 valence electrons. The molecule has 0 aliphatic rings. The average Bonchev–Trinajstić information content (AvgIpc) is 1.81. The summed E-state index contributed by atoms with van der Waals surface area (Å²) in [5.41, 5.74) is 5.50. The molecule has 0 atom stereocenters. The van der Waals surface area contributed by atoms with Gasteiger partial charge in [0.25, 0.3) is 0 Å². The second-order valence-corrected chi connectivity index (χ2v) is 3.73. The maximum absolute atomic E-state index is 5.50. The second-order valence-electron chi connectivity index (χ2n) is 3.73. The smallest absolute Gasteiger partial charge is 0.00744 e. The van der Waals surface area contributed by atoms with Gasteiger partial charge in [-0.25, -0.2) is 0 Å². The molecule has 0 unspecified atom stereocenters. The number of nitrogens with two attached hydrogens (primary N) is 1. The van der Waals surface area contributed by atoms with E-state index >= 15 is 0 Å². The molecule has 10 heavy (non-hydrogen) atoms. The fraction of sp³-hybridized carbons (Fsp3) is 1.00. The molecular weight excluding hydrogens is 122 g/mol. The number of rotatable bonds is 4. The van der Waals surface area contributed by atoms with Crippen molar-refractivity contribution >= 4 is 0 Å². The van der Waals surface area contributed by atoms with E-state index in [1.54, 1.807) is 0 Å². The molecule has 0 aromatic rings. The van der Waals surface area contributed by atoms with E-state index in [-0.39, 0.29) is 0 Å². The summed E-state index contributed by atoms with van der Waals surface area (Å²) in [6, 6.07) is 0. The zero-order chi connectivity index (χ0) is 8.15. The Morgan fingerprint density at radius 2 is 1.40 bits per heavy atom. The Labute approximate surface area is 65.0 Å². The minimum atomic E-state index is 0.781. The molecule has 0 aliphatic heterocycles. The molecule has 0 heterocycles. The molecule has 0 aromatic heterocycles. The van der Waals surface area contributed by atoms with E-state index in [0.29, 0.717) is 0 Å². The van der Waals surface area contributed by atoms with Gasteiger partial charge in [0.05, 0.1) is 0 Å². The molecule has 0 saturated heterocycles. The Balaban J connectivity index is 3.73. The average molecular weight is 143 g/mol. The van der Waals surface area contributed by atoms with Crippen molar-refractivity contribution in [2.75, 3.05) is 6.54 Å². The maximum Gasteiger partial charge on any atom is -0.00744 e. The van der Waals surface area contributed by atoms with E-state index in [4.69, 9.17) is 5.73 Å². The van der Waals surface area contributed by atoms with Crippen LogP contribution in [0.25, 0.3) is 0 Å². The lowest BCUT2D eigenvalue weighted by molar-refractivity contribution is 0.273. The lowest BCUT2D eigenvalue weighted by Gasteiger charge is -2.23. The first-order valence-corrected chi connectivity index (χ1v) is 4.29. The number of hydrogen-bond donors (Lipinski definition) is 1. The first-order valence-electron chi connectivity index (χ1n) is 4.29. The largest absolute Gasteiger partial charge is 0.330 e. The third-order valence-electron chi connectivity index (χ3n) is 2.21. The lowest BCUT2D eigenvalue weighted by atomic mass is 9.83. The van der Waals surface area contributed by atoms with Crippen LogP contribution >= 0.6 is 0 Å². The minimum Gasteiger partial charge on any atom is -0.330 e. The molecule has 2 N–H and O–H groups in total.